The summed E-state index contributed by atoms with van der Waals surface area (Å²) in [4.78, 5) is 27.2. The first-order valence-electron chi connectivity index (χ1n) is 4.88. The smallest absolute Gasteiger partial charge is 0.402 e. The van der Waals surface area contributed by atoms with Crippen molar-refractivity contribution in [1.29, 1.82) is 0 Å². The fourth-order valence-corrected chi connectivity index (χ4v) is 1.47. The van der Waals surface area contributed by atoms with Crippen molar-refractivity contribution in [2.24, 2.45) is 21.1 Å². The number of fused-ring (bicyclic) bond motifs is 1. The van der Waals surface area contributed by atoms with E-state index in [-0.39, 0.29) is 11.2 Å². The molecule has 0 aliphatic rings. The highest BCUT2D eigenvalue weighted by Gasteiger charge is 2.11. The quantitative estimate of drug-likeness (QED) is 0.429. The van der Waals surface area contributed by atoms with Gasteiger partial charge in [0, 0.05) is 21.1 Å². The summed E-state index contributed by atoms with van der Waals surface area (Å²) in [7, 11) is 2.61. The maximum Gasteiger partial charge on any atom is 0.631 e. The molecule has 2 aromatic heterocycles. The lowest BCUT2D eigenvalue weighted by molar-refractivity contribution is 0.278. The average Bonchev–Trinajstić information content (AvgIpc) is 2.65. The van der Waals surface area contributed by atoms with Crippen LogP contribution in [0.1, 0.15) is 0 Å². The van der Waals surface area contributed by atoms with Crippen molar-refractivity contribution < 1.29 is 15.1 Å². The van der Waals surface area contributed by atoms with Crippen molar-refractivity contribution in [1.82, 2.24) is 18.7 Å². The minimum Gasteiger partial charge on any atom is -0.402 e. The van der Waals surface area contributed by atoms with Crippen molar-refractivity contribution in [3.05, 3.63) is 27.2 Å². The lowest BCUT2D eigenvalue weighted by Crippen LogP contribution is -2.37. The van der Waals surface area contributed by atoms with Gasteiger partial charge in [0.1, 0.15) is 0 Å². The number of hydrogen-bond donors (Lipinski definition) is 3. The number of aromatic nitrogens is 4. The molecule has 0 aromatic carbocycles. The second kappa shape index (κ2) is 5.17. The molecule has 0 spiro atoms. The Morgan fingerprint density at radius 2 is 1.61 bits per heavy atom. The highest BCUT2D eigenvalue weighted by molar-refractivity contribution is 6.30. The lowest BCUT2D eigenvalue weighted by Gasteiger charge is -2.02. The number of imidazole rings is 1. The highest BCUT2D eigenvalue weighted by Crippen LogP contribution is 2.01. The van der Waals surface area contributed by atoms with Gasteiger partial charge in [-0.3, -0.25) is 13.9 Å². The molecule has 18 heavy (non-hydrogen) atoms. The number of rotatable bonds is 0. The van der Waals surface area contributed by atoms with Crippen LogP contribution in [0.4, 0.5) is 0 Å². The Morgan fingerprint density at radius 3 is 2.11 bits per heavy atom. The third-order valence-corrected chi connectivity index (χ3v) is 2.32. The van der Waals surface area contributed by atoms with Gasteiger partial charge < -0.3 is 19.6 Å². The van der Waals surface area contributed by atoms with E-state index in [1.807, 2.05) is 0 Å². The van der Waals surface area contributed by atoms with Crippen molar-refractivity contribution in [2.75, 3.05) is 0 Å². The zero-order valence-corrected chi connectivity index (χ0v) is 10.1. The van der Waals surface area contributed by atoms with Gasteiger partial charge in [0.25, 0.3) is 5.56 Å². The Labute approximate surface area is 101 Å². The van der Waals surface area contributed by atoms with Crippen LogP contribution in [0.25, 0.3) is 11.2 Å². The SMILES string of the molecule is Cn1c(=O)c2c(ncn2C)n(C)c1=O.OB(O)O. The molecule has 0 aliphatic carbocycles. The normalized spacial score (nSPS) is 10.1. The van der Waals surface area contributed by atoms with Crippen molar-refractivity contribution >= 4 is 18.5 Å². The first-order chi connectivity index (χ1) is 8.27. The molecule has 98 valence electrons. The molecule has 0 bridgehead atoms. The fourth-order valence-electron chi connectivity index (χ4n) is 1.47. The van der Waals surface area contributed by atoms with Crippen LogP contribution in [-0.4, -0.2) is 41.1 Å². The molecule has 3 N–H and O–H groups in total. The second-order valence-corrected chi connectivity index (χ2v) is 3.58. The Morgan fingerprint density at radius 1 is 1.11 bits per heavy atom. The van der Waals surface area contributed by atoms with E-state index in [2.05, 4.69) is 4.98 Å². The van der Waals surface area contributed by atoms with E-state index in [4.69, 9.17) is 15.1 Å². The van der Waals surface area contributed by atoms with Gasteiger partial charge in [0.15, 0.2) is 11.2 Å². The summed E-state index contributed by atoms with van der Waals surface area (Å²) in [5, 5.41) is 21.5. The Hall–Kier alpha value is -1.91. The molecule has 0 saturated heterocycles. The van der Waals surface area contributed by atoms with Crippen LogP contribution in [0.5, 0.6) is 0 Å². The molecule has 0 aliphatic heterocycles. The zero-order valence-electron chi connectivity index (χ0n) is 10.1. The molecule has 0 unspecified atom stereocenters. The number of nitrogens with zero attached hydrogens (tertiary/aromatic N) is 4. The zero-order chi connectivity index (χ0) is 14.0. The second-order valence-electron chi connectivity index (χ2n) is 3.58. The predicted molar refractivity (Wildman–Crippen MR) is 63.6 cm³/mol. The lowest BCUT2D eigenvalue weighted by atomic mass is 10.3. The minimum atomic E-state index is -2.17. The highest BCUT2D eigenvalue weighted by atomic mass is 16.5. The molecule has 0 saturated carbocycles. The molecule has 2 heterocycles. The number of hydrogen-bond acceptors (Lipinski definition) is 6. The minimum absolute atomic E-state index is 0.317. The topological polar surface area (TPSA) is 123 Å². The van der Waals surface area contributed by atoms with Crippen LogP contribution >= 0.6 is 0 Å². The molecule has 0 fully saturated rings. The molecule has 2 rings (SSSR count). The molecule has 0 radical (unpaired) electrons. The summed E-state index contributed by atoms with van der Waals surface area (Å²) in [6.07, 6.45) is 1.52. The monoisotopic (exact) mass is 256 g/mol. The van der Waals surface area contributed by atoms with Gasteiger partial charge in [0.05, 0.1) is 6.33 Å². The van der Waals surface area contributed by atoms with Crippen molar-refractivity contribution in [3.63, 3.8) is 0 Å². The van der Waals surface area contributed by atoms with Crippen LogP contribution in [0, 0.1) is 0 Å². The van der Waals surface area contributed by atoms with E-state index in [9.17, 15) is 9.59 Å². The third-order valence-electron chi connectivity index (χ3n) is 2.32. The molecular weight excluding hydrogens is 243 g/mol. The maximum atomic E-state index is 11.7. The third kappa shape index (κ3) is 2.50. The molecule has 0 amide bonds. The Bertz CT molecular complexity index is 668. The van der Waals surface area contributed by atoms with E-state index in [1.54, 1.807) is 18.7 Å². The van der Waals surface area contributed by atoms with Gasteiger partial charge in [-0.1, -0.05) is 0 Å². The summed E-state index contributed by atoms with van der Waals surface area (Å²) in [6, 6.07) is 0. The summed E-state index contributed by atoms with van der Waals surface area (Å²) >= 11 is 0. The van der Waals surface area contributed by atoms with Crippen LogP contribution in [0.2, 0.25) is 0 Å². The van der Waals surface area contributed by atoms with E-state index in [0.29, 0.717) is 11.2 Å². The van der Waals surface area contributed by atoms with Crippen molar-refractivity contribution in [3.8, 4) is 0 Å². The van der Waals surface area contributed by atoms with Gasteiger partial charge in [-0.2, -0.15) is 0 Å². The van der Waals surface area contributed by atoms with Crippen LogP contribution in [-0.2, 0) is 21.1 Å². The Kier molecular flexibility index (Phi) is 4.06. The van der Waals surface area contributed by atoms with Crippen LogP contribution < -0.4 is 11.2 Å². The van der Waals surface area contributed by atoms with Crippen LogP contribution in [0.15, 0.2) is 15.9 Å². The first-order valence-corrected chi connectivity index (χ1v) is 4.88. The first kappa shape index (κ1) is 14.2. The molecular formula is C8H13BN4O5. The van der Waals surface area contributed by atoms with E-state index in [0.717, 1.165) is 4.57 Å². The van der Waals surface area contributed by atoms with Gasteiger partial charge in [-0.25, -0.2) is 9.78 Å². The summed E-state index contributed by atoms with van der Waals surface area (Å²) in [6.45, 7) is 0. The van der Waals surface area contributed by atoms with E-state index < -0.39 is 7.32 Å². The molecule has 10 heteroatoms. The van der Waals surface area contributed by atoms with Gasteiger partial charge >= 0.3 is 13.0 Å². The average molecular weight is 256 g/mol. The van der Waals surface area contributed by atoms with E-state index in [1.165, 1.54) is 17.9 Å². The molecule has 0 atom stereocenters. The largest absolute Gasteiger partial charge is 0.631 e. The Balaban J connectivity index is 0.000000357. The summed E-state index contributed by atoms with van der Waals surface area (Å²) in [5.41, 5.74) is 0.180. The number of aryl methyl sites for hydroxylation is 2. The predicted octanol–water partition coefficient (Wildman–Crippen LogP) is -3.08. The molecule has 9 nitrogen and oxygen atoms in total. The standard InChI is InChI=1S/C8H10N4O2.BH3O3/c1-10-4-9-6-5(10)7(13)12(3)8(14)11(6)2;2-1(3)4/h4H,1-3H3;2-4H. The van der Waals surface area contributed by atoms with Crippen LogP contribution in [0.3, 0.4) is 0 Å². The van der Waals surface area contributed by atoms with Crippen molar-refractivity contribution in [2.45, 2.75) is 0 Å². The molecule has 2 aromatic rings. The van der Waals surface area contributed by atoms with Gasteiger partial charge in [0.2, 0.25) is 0 Å². The summed E-state index contributed by atoms with van der Waals surface area (Å²) < 4.78 is 4.04. The van der Waals surface area contributed by atoms with Gasteiger partial charge in [-0.05, 0) is 0 Å². The van der Waals surface area contributed by atoms with E-state index >= 15 is 0 Å². The summed E-state index contributed by atoms with van der Waals surface area (Å²) in [5.74, 6) is 0. The fraction of sp³-hybridized carbons (Fsp3) is 0.375. The maximum absolute atomic E-state index is 11.7. The van der Waals surface area contributed by atoms with Gasteiger partial charge in [-0.15, -0.1) is 0 Å².